The molecule has 3 aromatic rings. The molecule has 2 aliphatic rings. The topological polar surface area (TPSA) is 61.9 Å². The molecule has 2 aliphatic heterocycles. The molecule has 2 heterocycles. The van der Waals surface area contributed by atoms with Crippen LogP contribution in [0.25, 0.3) is 0 Å². The van der Waals surface area contributed by atoms with Crippen LogP contribution in [-0.4, -0.2) is 35.5 Å². The van der Waals surface area contributed by atoms with Gasteiger partial charge in [0.25, 0.3) is 0 Å². The van der Waals surface area contributed by atoms with Gasteiger partial charge >= 0.3 is 6.03 Å². The van der Waals surface area contributed by atoms with Crippen LogP contribution in [0.3, 0.4) is 0 Å². The van der Waals surface area contributed by atoms with E-state index in [0.29, 0.717) is 31.7 Å². The molecule has 0 atom stereocenters. The molecule has 0 saturated carbocycles. The van der Waals surface area contributed by atoms with Crippen LogP contribution >= 0.6 is 0 Å². The van der Waals surface area contributed by atoms with Gasteiger partial charge in [-0.1, -0.05) is 48.5 Å². The number of urea groups is 1. The summed E-state index contributed by atoms with van der Waals surface area (Å²) in [6.45, 7) is 1.05. The maximum absolute atomic E-state index is 13.5. The van der Waals surface area contributed by atoms with Crippen LogP contribution in [0.2, 0.25) is 0 Å². The molecule has 162 valence electrons. The smallest absolute Gasteiger partial charge is 0.321 e. The highest BCUT2D eigenvalue weighted by Gasteiger charge is 2.44. The molecular formula is C26H25N3O3. The van der Waals surface area contributed by atoms with Gasteiger partial charge in [0.2, 0.25) is 5.91 Å². The first-order chi connectivity index (χ1) is 15.6. The van der Waals surface area contributed by atoms with Crippen molar-refractivity contribution in [1.82, 2.24) is 4.90 Å². The molecule has 3 amide bonds. The second kappa shape index (κ2) is 8.38. The highest BCUT2D eigenvalue weighted by molar-refractivity contribution is 6.03. The molecule has 1 spiro atoms. The summed E-state index contributed by atoms with van der Waals surface area (Å²) in [6, 6.07) is 26.6. The quantitative estimate of drug-likeness (QED) is 0.611. The van der Waals surface area contributed by atoms with Gasteiger partial charge in [0.1, 0.15) is 11.4 Å². The van der Waals surface area contributed by atoms with Crippen LogP contribution < -0.4 is 15.0 Å². The Morgan fingerprint density at radius 3 is 2.19 bits per heavy atom. The molecule has 1 N–H and O–H groups in total. The lowest BCUT2D eigenvalue weighted by Crippen LogP contribution is -2.51. The molecule has 6 heteroatoms. The average Bonchev–Trinajstić information content (AvgIpc) is 2.94. The molecule has 6 nitrogen and oxygen atoms in total. The van der Waals surface area contributed by atoms with Gasteiger partial charge in [-0.2, -0.15) is 0 Å². The maximum atomic E-state index is 13.5. The molecule has 0 bridgehead atoms. The summed E-state index contributed by atoms with van der Waals surface area (Å²) in [5, 5.41) is 2.94. The van der Waals surface area contributed by atoms with E-state index in [0.717, 1.165) is 17.1 Å². The SMILES string of the molecule is O=C(Nc1ccccc1)N1CCC2(CC1)CC(=O)N(c1ccccc1)c1ccccc1O2. The fourth-order valence-electron chi connectivity index (χ4n) is 4.47. The maximum Gasteiger partial charge on any atom is 0.321 e. The van der Waals surface area contributed by atoms with E-state index in [9.17, 15) is 9.59 Å². The van der Waals surface area contributed by atoms with Crippen molar-refractivity contribution in [3.05, 3.63) is 84.9 Å². The van der Waals surface area contributed by atoms with E-state index in [1.165, 1.54) is 0 Å². The predicted molar refractivity (Wildman–Crippen MR) is 124 cm³/mol. The van der Waals surface area contributed by atoms with Crippen molar-refractivity contribution in [1.29, 1.82) is 0 Å². The van der Waals surface area contributed by atoms with Crippen LogP contribution in [0.15, 0.2) is 84.9 Å². The normalized spacial score (nSPS) is 17.3. The van der Waals surface area contributed by atoms with Crippen molar-refractivity contribution < 1.29 is 14.3 Å². The van der Waals surface area contributed by atoms with Gasteiger partial charge in [-0.25, -0.2) is 4.79 Å². The number of rotatable bonds is 2. The Bertz CT molecular complexity index is 1110. The number of piperidine rings is 1. The fourth-order valence-corrected chi connectivity index (χ4v) is 4.47. The van der Waals surface area contributed by atoms with Gasteiger partial charge in [0.15, 0.2) is 0 Å². The van der Waals surface area contributed by atoms with E-state index < -0.39 is 5.60 Å². The van der Waals surface area contributed by atoms with E-state index in [1.54, 1.807) is 9.80 Å². The third kappa shape index (κ3) is 3.91. The summed E-state index contributed by atoms with van der Waals surface area (Å²) in [6.07, 6.45) is 1.46. The lowest BCUT2D eigenvalue weighted by atomic mass is 9.87. The average molecular weight is 428 g/mol. The minimum absolute atomic E-state index is 0.00309. The molecule has 0 radical (unpaired) electrons. The number of benzene rings is 3. The highest BCUT2D eigenvalue weighted by atomic mass is 16.5. The largest absolute Gasteiger partial charge is 0.484 e. The third-order valence-electron chi connectivity index (χ3n) is 6.16. The summed E-state index contributed by atoms with van der Waals surface area (Å²) in [5.74, 6) is 0.702. The van der Waals surface area contributed by atoms with Crippen LogP contribution in [0.4, 0.5) is 21.9 Å². The highest BCUT2D eigenvalue weighted by Crippen LogP contribution is 2.43. The Hall–Kier alpha value is -3.80. The number of amides is 3. The van der Waals surface area contributed by atoms with Crippen molar-refractivity contribution in [2.45, 2.75) is 24.9 Å². The van der Waals surface area contributed by atoms with E-state index >= 15 is 0 Å². The van der Waals surface area contributed by atoms with Gasteiger partial charge in [-0.15, -0.1) is 0 Å². The number of carbonyl (C=O) groups is 2. The molecule has 0 unspecified atom stereocenters. The number of hydrogen-bond donors (Lipinski definition) is 1. The molecule has 1 fully saturated rings. The zero-order valence-corrected chi connectivity index (χ0v) is 17.7. The lowest BCUT2D eigenvalue weighted by molar-refractivity contribution is -0.122. The Balaban J connectivity index is 1.36. The van der Waals surface area contributed by atoms with E-state index in [4.69, 9.17) is 4.74 Å². The molecule has 0 aliphatic carbocycles. The monoisotopic (exact) mass is 427 g/mol. The molecule has 1 saturated heterocycles. The van der Waals surface area contributed by atoms with Crippen molar-refractivity contribution >= 4 is 29.0 Å². The Morgan fingerprint density at radius 1 is 0.844 bits per heavy atom. The van der Waals surface area contributed by atoms with Gasteiger partial charge in [-0.05, 0) is 36.4 Å². The molecule has 0 aromatic heterocycles. The van der Waals surface area contributed by atoms with Gasteiger partial charge < -0.3 is 15.0 Å². The summed E-state index contributed by atoms with van der Waals surface area (Å²) < 4.78 is 6.53. The predicted octanol–water partition coefficient (Wildman–Crippen LogP) is 5.20. The first-order valence-electron chi connectivity index (χ1n) is 10.9. The number of fused-ring (bicyclic) bond motifs is 1. The molecule has 32 heavy (non-hydrogen) atoms. The van der Waals surface area contributed by atoms with Crippen LogP contribution in [0.1, 0.15) is 19.3 Å². The summed E-state index contributed by atoms with van der Waals surface area (Å²) in [7, 11) is 0. The van der Waals surface area contributed by atoms with Crippen molar-refractivity contribution in [2.75, 3.05) is 23.3 Å². The number of nitrogens with one attached hydrogen (secondary N) is 1. The van der Waals surface area contributed by atoms with Gasteiger partial charge in [0, 0.05) is 37.3 Å². The minimum atomic E-state index is -0.625. The number of anilines is 3. The summed E-state index contributed by atoms with van der Waals surface area (Å²) in [4.78, 5) is 29.7. The Kier molecular flexibility index (Phi) is 5.27. The Morgan fingerprint density at radius 2 is 1.47 bits per heavy atom. The number of hydrogen-bond acceptors (Lipinski definition) is 3. The van der Waals surface area contributed by atoms with Crippen molar-refractivity contribution in [3.8, 4) is 5.75 Å². The van der Waals surface area contributed by atoms with E-state index in [2.05, 4.69) is 5.32 Å². The van der Waals surface area contributed by atoms with E-state index in [-0.39, 0.29) is 18.4 Å². The number of para-hydroxylation sites is 4. The number of likely N-dealkylation sites (tertiary alicyclic amines) is 1. The summed E-state index contributed by atoms with van der Waals surface area (Å²) in [5.41, 5.74) is 1.72. The number of carbonyl (C=O) groups excluding carboxylic acids is 2. The third-order valence-corrected chi connectivity index (χ3v) is 6.16. The standard InChI is InChI=1S/C26H25N3O3/c30-24-19-26(15-17-28(18-16-26)25(31)27-20-9-3-1-4-10-20)32-23-14-8-7-13-22(23)29(24)21-11-5-2-6-12-21/h1-14H,15-19H2,(H,27,31). The van der Waals surface area contributed by atoms with E-state index in [1.807, 2.05) is 84.9 Å². The van der Waals surface area contributed by atoms with Crippen LogP contribution in [-0.2, 0) is 4.79 Å². The first-order valence-corrected chi connectivity index (χ1v) is 10.9. The number of ether oxygens (including phenoxy) is 1. The minimum Gasteiger partial charge on any atom is -0.484 e. The Labute approximate surface area is 187 Å². The molecular weight excluding hydrogens is 402 g/mol. The lowest BCUT2D eigenvalue weighted by Gasteiger charge is -2.40. The van der Waals surface area contributed by atoms with Crippen molar-refractivity contribution in [3.63, 3.8) is 0 Å². The molecule has 5 rings (SSSR count). The second-order valence-electron chi connectivity index (χ2n) is 8.28. The van der Waals surface area contributed by atoms with Crippen LogP contribution in [0, 0.1) is 0 Å². The zero-order valence-electron chi connectivity index (χ0n) is 17.7. The van der Waals surface area contributed by atoms with Gasteiger partial charge in [0.05, 0.1) is 12.1 Å². The second-order valence-corrected chi connectivity index (χ2v) is 8.28. The summed E-state index contributed by atoms with van der Waals surface area (Å²) >= 11 is 0. The van der Waals surface area contributed by atoms with Crippen LogP contribution in [0.5, 0.6) is 5.75 Å². The number of nitrogens with zero attached hydrogens (tertiary/aromatic N) is 2. The fraction of sp³-hybridized carbons (Fsp3) is 0.231. The van der Waals surface area contributed by atoms with Crippen molar-refractivity contribution in [2.24, 2.45) is 0 Å². The first kappa shape index (κ1) is 20.1. The van der Waals surface area contributed by atoms with Gasteiger partial charge in [-0.3, -0.25) is 9.69 Å². The zero-order chi connectivity index (χ0) is 22.0. The molecule has 3 aromatic carbocycles.